The van der Waals surface area contributed by atoms with E-state index in [-0.39, 0.29) is 0 Å². The molecule has 108 valence electrons. The van der Waals surface area contributed by atoms with Gasteiger partial charge in [-0.15, -0.1) is 0 Å². The third-order valence-corrected chi connectivity index (χ3v) is 2.78. The maximum atomic E-state index is 13.1. The van der Waals surface area contributed by atoms with Crippen LogP contribution in [0.1, 0.15) is 37.3 Å². The molecule has 0 saturated heterocycles. The average Bonchev–Trinajstić information content (AvgIpc) is 2.32. The zero-order valence-corrected chi connectivity index (χ0v) is 11.0. The number of unbranched alkanes of at least 4 members (excludes halogenated alkanes) is 1. The Morgan fingerprint density at radius 2 is 1.79 bits per heavy atom. The molecule has 0 spiro atoms. The lowest BCUT2D eigenvalue weighted by atomic mass is 10.0. The Morgan fingerprint density at radius 3 is 2.42 bits per heavy atom. The minimum atomic E-state index is -4.49. The van der Waals surface area contributed by atoms with Crippen molar-refractivity contribution in [3.05, 3.63) is 35.1 Å². The van der Waals surface area contributed by atoms with Gasteiger partial charge in [-0.2, -0.15) is 13.2 Å². The normalized spacial score (nSPS) is 11.8. The molecule has 19 heavy (non-hydrogen) atoms. The number of rotatable bonds is 7. The van der Waals surface area contributed by atoms with E-state index in [1.807, 2.05) is 0 Å². The first-order valence-corrected chi connectivity index (χ1v) is 6.51. The van der Waals surface area contributed by atoms with Crippen molar-refractivity contribution in [1.29, 1.82) is 0 Å². The number of alkyl halides is 3. The highest BCUT2D eigenvalue weighted by Crippen LogP contribution is 2.30. The predicted molar refractivity (Wildman–Crippen MR) is 67.5 cm³/mol. The van der Waals surface area contributed by atoms with E-state index in [1.165, 1.54) is 6.07 Å². The zero-order chi connectivity index (χ0) is 14.3. The molecule has 0 bridgehead atoms. The van der Waals surface area contributed by atoms with Crippen molar-refractivity contribution in [3.8, 4) is 0 Å². The van der Waals surface area contributed by atoms with E-state index in [2.05, 4.69) is 12.2 Å². The van der Waals surface area contributed by atoms with Crippen LogP contribution in [0.4, 0.5) is 17.6 Å². The number of benzene rings is 1. The topological polar surface area (TPSA) is 12.0 Å². The molecule has 0 saturated carbocycles. The molecule has 1 aromatic carbocycles. The largest absolute Gasteiger partial charge is 0.416 e. The smallest absolute Gasteiger partial charge is 0.317 e. The molecule has 1 aromatic rings. The maximum absolute atomic E-state index is 13.1. The fraction of sp³-hybridized carbons (Fsp3) is 0.571. The van der Waals surface area contributed by atoms with E-state index in [1.54, 1.807) is 0 Å². The van der Waals surface area contributed by atoms with Crippen LogP contribution in [0.25, 0.3) is 0 Å². The Morgan fingerprint density at radius 1 is 1.05 bits per heavy atom. The predicted octanol–water partition coefficient (Wildman–Crippen LogP) is 4.17. The summed E-state index contributed by atoms with van der Waals surface area (Å²) in [5, 5.41) is 3.21. The van der Waals surface area contributed by atoms with Crippen LogP contribution in [-0.4, -0.2) is 13.1 Å². The molecule has 0 unspecified atom stereocenters. The van der Waals surface area contributed by atoms with E-state index in [0.29, 0.717) is 18.1 Å². The average molecular weight is 277 g/mol. The van der Waals surface area contributed by atoms with E-state index in [9.17, 15) is 17.6 Å². The highest BCUT2D eigenvalue weighted by molar-refractivity contribution is 5.26. The molecule has 0 fully saturated rings. The van der Waals surface area contributed by atoms with Gasteiger partial charge in [-0.05, 0) is 62.5 Å². The van der Waals surface area contributed by atoms with Gasteiger partial charge in [0.05, 0.1) is 5.56 Å². The summed E-state index contributed by atoms with van der Waals surface area (Å²) in [5.74, 6) is -0.825. The van der Waals surface area contributed by atoms with E-state index >= 15 is 0 Å². The summed E-state index contributed by atoms with van der Waals surface area (Å²) in [6.07, 6.45) is -1.34. The van der Waals surface area contributed by atoms with Crippen molar-refractivity contribution in [2.45, 2.75) is 38.8 Å². The second-order valence-corrected chi connectivity index (χ2v) is 4.55. The van der Waals surface area contributed by atoms with Gasteiger partial charge < -0.3 is 5.32 Å². The summed E-state index contributed by atoms with van der Waals surface area (Å²) in [5.41, 5.74) is -0.505. The molecule has 0 aliphatic carbocycles. The van der Waals surface area contributed by atoms with Gasteiger partial charge in [-0.25, -0.2) is 4.39 Å². The molecule has 0 atom stereocenters. The van der Waals surface area contributed by atoms with Crippen LogP contribution in [0, 0.1) is 5.82 Å². The monoisotopic (exact) mass is 277 g/mol. The molecule has 0 aliphatic rings. The highest BCUT2D eigenvalue weighted by Gasteiger charge is 2.31. The SMILES string of the molecule is CCCNCCCCc1cc(F)cc(C(F)(F)F)c1. The van der Waals surface area contributed by atoms with Gasteiger partial charge in [-0.3, -0.25) is 0 Å². The molecule has 0 aromatic heterocycles. The number of nitrogens with one attached hydrogen (secondary N) is 1. The lowest BCUT2D eigenvalue weighted by molar-refractivity contribution is -0.137. The molecular formula is C14H19F4N. The third-order valence-electron chi connectivity index (χ3n) is 2.78. The van der Waals surface area contributed by atoms with Crippen LogP contribution in [0.3, 0.4) is 0 Å². The molecule has 0 radical (unpaired) electrons. The minimum absolute atomic E-state index is 0.405. The second-order valence-electron chi connectivity index (χ2n) is 4.55. The Kier molecular flexibility index (Phi) is 6.28. The molecule has 0 aliphatic heterocycles. The summed E-state index contributed by atoms with van der Waals surface area (Å²) in [4.78, 5) is 0. The Balaban J connectivity index is 2.48. The van der Waals surface area contributed by atoms with Gasteiger partial charge in [0, 0.05) is 0 Å². The lowest BCUT2D eigenvalue weighted by Gasteiger charge is -2.09. The first-order valence-electron chi connectivity index (χ1n) is 6.51. The van der Waals surface area contributed by atoms with Crippen LogP contribution < -0.4 is 5.32 Å². The van der Waals surface area contributed by atoms with Crippen molar-refractivity contribution in [2.24, 2.45) is 0 Å². The Bertz CT molecular complexity index is 388. The van der Waals surface area contributed by atoms with Crippen LogP contribution in [-0.2, 0) is 12.6 Å². The molecule has 1 nitrogen and oxygen atoms in total. The fourth-order valence-electron chi connectivity index (χ4n) is 1.84. The highest BCUT2D eigenvalue weighted by atomic mass is 19.4. The molecule has 0 amide bonds. The van der Waals surface area contributed by atoms with Gasteiger partial charge in [0.25, 0.3) is 0 Å². The maximum Gasteiger partial charge on any atom is 0.416 e. The second kappa shape index (κ2) is 7.48. The molecule has 1 rings (SSSR count). The summed E-state index contributed by atoms with van der Waals surface area (Å²) >= 11 is 0. The van der Waals surface area contributed by atoms with Crippen molar-refractivity contribution < 1.29 is 17.6 Å². The van der Waals surface area contributed by atoms with Gasteiger partial charge in [-0.1, -0.05) is 6.92 Å². The number of halogens is 4. The van der Waals surface area contributed by atoms with Gasteiger partial charge >= 0.3 is 6.18 Å². The fourth-order valence-corrected chi connectivity index (χ4v) is 1.84. The molecule has 0 heterocycles. The first kappa shape index (κ1) is 16.0. The summed E-state index contributed by atoms with van der Waals surface area (Å²) in [6, 6.07) is 2.74. The summed E-state index contributed by atoms with van der Waals surface area (Å²) in [6.45, 7) is 3.85. The van der Waals surface area contributed by atoms with Crippen LogP contribution >= 0.6 is 0 Å². The number of hydrogen-bond acceptors (Lipinski definition) is 1. The summed E-state index contributed by atoms with van der Waals surface area (Å²) < 4.78 is 50.6. The van der Waals surface area contributed by atoms with Crippen LogP contribution in [0.5, 0.6) is 0 Å². The molecule has 1 N–H and O–H groups in total. The van der Waals surface area contributed by atoms with Crippen molar-refractivity contribution in [2.75, 3.05) is 13.1 Å². The molecule has 5 heteroatoms. The lowest BCUT2D eigenvalue weighted by Crippen LogP contribution is -2.15. The van der Waals surface area contributed by atoms with E-state index < -0.39 is 17.6 Å². The standard InChI is InChI=1S/C14H19F4N/c1-2-6-19-7-4-3-5-11-8-12(14(16,17)18)10-13(15)9-11/h8-10,19H,2-7H2,1H3. The summed E-state index contributed by atoms with van der Waals surface area (Å²) in [7, 11) is 0. The number of aryl methyl sites for hydroxylation is 1. The van der Waals surface area contributed by atoms with Gasteiger partial charge in [0.2, 0.25) is 0 Å². The van der Waals surface area contributed by atoms with Crippen LogP contribution in [0.2, 0.25) is 0 Å². The van der Waals surface area contributed by atoms with Crippen LogP contribution in [0.15, 0.2) is 18.2 Å². The van der Waals surface area contributed by atoms with E-state index in [4.69, 9.17) is 0 Å². The first-order chi connectivity index (χ1) is 8.93. The minimum Gasteiger partial charge on any atom is -0.317 e. The van der Waals surface area contributed by atoms with Crippen molar-refractivity contribution >= 4 is 0 Å². The van der Waals surface area contributed by atoms with Crippen molar-refractivity contribution in [3.63, 3.8) is 0 Å². The Labute approximate surface area is 111 Å². The quantitative estimate of drug-likeness (QED) is 0.582. The zero-order valence-electron chi connectivity index (χ0n) is 11.0. The van der Waals surface area contributed by atoms with Crippen molar-refractivity contribution in [1.82, 2.24) is 5.32 Å². The Hall–Kier alpha value is -1.10. The third kappa shape index (κ3) is 6.05. The number of hydrogen-bond donors (Lipinski definition) is 1. The van der Waals surface area contributed by atoms with Gasteiger partial charge in [0.15, 0.2) is 0 Å². The molecular weight excluding hydrogens is 258 g/mol. The van der Waals surface area contributed by atoms with E-state index in [0.717, 1.165) is 38.4 Å². The van der Waals surface area contributed by atoms with Gasteiger partial charge in [0.1, 0.15) is 5.82 Å².